The average molecular weight is 350 g/mol. The minimum Gasteiger partial charge on any atom is -0.502 e. The van der Waals surface area contributed by atoms with E-state index < -0.39 is 16.4 Å². The minimum absolute atomic E-state index is 0.228. The topological polar surface area (TPSA) is 101 Å². The molecule has 7 nitrogen and oxygen atoms in total. The van der Waals surface area contributed by atoms with Gasteiger partial charge in [-0.2, -0.15) is 0 Å². The van der Waals surface area contributed by atoms with Gasteiger partial charge in [0.25, 0.3) is 11.1 Å². The van der Waals surface area contributed by atoms with E-state index in [1.54, 1.807) is 0 Å². The number of aromatic hydroxyl groups is 1. The van der Waals surface area contributed by atoms with Crippen LogP contribution in [-0.4, -0.2) is 32.6 Å². The Hall–Kier alpha value is -2.35. The van der Waals surface area contributed by atoms with E-state index in [-0.39, 0.29) is 22.0 Å². The summed E-state index contributed by atoms with van der Waals surface area (Å²) in [6, 6.07) is 3.82. The van der Waals surface area contributed by atoms with E-state index >= 15 is 0 Å². The van der Waals surface area contributed by atoms with Gasteiger partial charge in [0.15, 0.2) is 5.75 Å². The predicted octanol–water partition coefficient (Wildman–Crippen LogP) is 3.77. The highest BCUT2D eigenvalue weighted by atomic mass is 32.2. The van der Waals surface area contributed by atoms with E-state index in [0.29, 0.717) is 12.1 Å². The molecule has 0 saturated carbocycles. The number of phenols is 1. The summed E-state index contributed by atoms with van der Waals surface area (Å²) < 4.78 is 0. The number of nitro benzene ring substituents is 1. The van der Waals surface area contributed by atoms with E-state index in [9.17, 15) is 24.8 Å². The Balaban J connectivity index is 2.25. The molecule has 0 aromatic heterocycles. The summed E-state index contributed by atoms with van der Waals surface area (Å²) >= 11 is 0.824. The van der Waals surface area contributed by atoms with Crippen molar-refractivity contribution in [3.8, 4) is 5.75 Å². The maximum absolute atomic E-state index is 12.4. The van der Waals surface area contributed by atoms with Gasteiger partial charge in [0.05, 0.1) is 9.83 Å². The fourth-order valence-electron chi connectivity index (χ4n) is 2.39. The Kier molecular flexibility index (Phi) is 5.61. The summed E-state index contributed by atoms with van der Waals surface area (Å²) in [5.41, 5.74) is -0.0625. The molecule has 24 heavy (non-hydrogen) atoms. The third kappa shape index (κ3) is 3.76. The van der Waals surface area contributed by atoms with Gasteiger partial charge >= 0.3 is 5.69 Å². The maximum atomic E-state index is 12.4. The van der Waals surface area contributed by atoms with Gasteiger partial charge in [0.1, 0.15) is 0 Å². The number of benzene rings is 1. The van der Waals surface area contributed by atoms with Crippen molar-refractivity contribution in [3.63, 3.8) is 0 Å². The van der Waals surface area contributed by atoms with Gasteiger partial charge in [0, 0.05) is 12.6 Å². The van der Waals surface area contributed by atoms with Crippen molar-refractivity contribution in [3.05, 3.63) is 38.8 Å². The van der Waals surface area contributed by atoms with Gasteiger partial charge < -0.3 is 5.11 Å². The summed E-state index contributed by atoms with van der Waals surface area (Å²) in [6.45, 7) is 4.40. The van der Waals surface area contributed by atoms with Crippen molar-refractivity contribution in [1.29, 1.82) is 0 Å². The molecule has 1 aromatic carbocycles. The number of phenolic OH excluding ortho intramolecular Hbond substituents is 1. The van der Waals surface area contributed by atoms with Crippen molar-refractivity contribution in [1.82, 2.24) is 4.90 Å². The molecule has 0 atom stereocenters. The molecule has 0 bridgehead atoms. The number of rotatable bonds is 6. The first-order valence-corrected chi connectivity index (χ1v) is 8.41. The second-order valence-electron chi connectivity index (χ2n) is 5.48. The number of hydrogen-bond acceptors (Lipinski definition) is 6. The molecule has 0 radical (unpaired) electrons. The van der Waals surface area contributed by atoms with Crippen LogP contribution in [0.3, 0.4) is 0 Å². The number of carbonyl (C=O) groups is 2. The number of nitro groups is 1. The Morgan fingerprint density at radius 3 is 2.58 bits per heavy atom. The third-order valence-corrected chi connectivity index (χ3v) is 4.87. The Labute approximate surface area is 143 Å². The summed E-state index contributed by atoms with van der Waals surface area (Å²) in [6.07, 6.45) is 3.19. The SMILES string of the molecule is CCC(CC)CN1C(=O)S/C(=C\c2ccc(O)c([N+](=O)[O-])c2)C1=O. The highest BCUT2D eigenvalue weighted by molar-refractivity contribution is 8.18. The molecule has 1 heterocycles. The number of amides is 2. The van der Waals surface area contributed by atoms with Crippen LogP contribution in [0.2, 0.25) is 0 Å². The predicted molar refractivity (Wildman–Crippen MR) is 91.5 cm³/mol. The number of thioether (sulfide) groups is 1. The lowest BCUT2D eigenvalue weighted by molar-refractivity contribution is -0.385. The number of nitrogens with zero attached hydrogens (tertiary/aromatic N) is 2. The second kappa shape index (κ2) is 7.48. The molecular formula is C16H18N2O5S. The summed E-state index contributed by atoms with van der Waals surface area (Å²) in [5.74, 6) is -0.570. The zero-order valence-electron chi connectivity index (χ0n) is 13.4. The monoisotopic (exact) mass is 350 g/mol. The van der Waals surface area contributed by atoms with Crippen LogP contribution in [0, 0.1) is 16.0 Å². The van der Waals surface area contributed by atoms with Crippen molar-refractivity contribution < 1.29 is 19.6 Å². The molecule has 1 N–H and O–H groups in total. The average Bonchev–Trinajstić information content (AvgIpc) is 2.80. The van der Waals surface area contributed by atoms with Crippen LogP contribution in [0.25, 0.3) is 6.08 Å². The quantitative estimate of drug-likeness (QED) is 0.476. The molecule has 1 aliphatic rings. The molecule has 2 rings (SSSR count). The zero-order valence-corrected chi connectivity index (χ0v) is 14.2. The Morgan fingerprint density at radius 2 is 2.00 bits per heavy atom. The minimum atomic E-state index is -0.703. The lowest BCUT2D eigenvalue weighted by Gasteiger charge is -2.18. The van der Waals surface area contributed by atoms with E-state index in [0.717, 1.165) is 24.6 Å². The molecule has 2 amide bonds. The van der Waals surface area contributed by atoms with Crippen LogP contribution in [0.1, 0.15) is 32.3 Å². The molecule has 0 spiro atoms. The Bertz CT molecular complexity index is 712. The molecule has 0 aliphatic carbocycles. The van der Waals surface area contributed by atoms with Crippen molar-refractivity contribution in [2.45, 2.75) is 26.7 Å². The number of carbonyl (C=O) groups excluding carboxylic acids is 2. The normalized spacial score (nSPS) is 16.5. The number of imide groups is 1. The van der Waals surface area contributed by atoms with Crippen molar-refractivity contribution in [2.75, 3.05) is 6.54 Å². The smallest absolute Gasteiger partial charge is 0.311 e. The lowest BCUT2D eigenvalue weighted by Crippen LogP contribution is -2.33. The third-order valence-electron chi connectivity index (χ3n) is 3.96. The van der Waals surface area contributed by atoms with E-state index in [4.69, 9.17) is 0 Å². The zero-order chi connectivity index (χ0) is 17.9. The molecule has 1 aliphatic heterocycles. The molecule has 0 unspecified atom stereocenters. The molecule has 8 heteroatoms. The first-order chi connectivity index (χ1) is 11.4. The Morgan fingerprint density at radius 1 is 1.33 bits per heavy atom. The first kappa shape index (κ1) is 18.0. The van der Waals surface area contributed by atoms with Crippen LogP contribution in [0.15, 0.2) is 23.1 Å². The largest absolute Gasteiger partial charge is 0.502 e. The molecule has 1 fully saturated rings. The van der Waals surface area contributed by atoms with Crippen molar-refractivity contribution >= 4 is 34.7 Å². The van der Waals surface area contributed by atoms with E-state index in [1.165, 1.54) is 29.2 Å². The number of hydrogen-bond donors (Lipinski definition) is 1. The lowest BCUT2D eigenvalue weighted by atomic mass is 10.0. The molecule has 128 valence electrons. The molecular weight excluding hydrogens is 332 g/mol. The van der Waals surface area contributed by atoms with Crippen molar-refractivity contribution in [2.24, 2.45) is 5.92 Å². The van der Waals surface area contributed by atoms with Gasteiger partial charge in [-0.1, -0.05) is 32.8 Å². The van der Waals surface area contributed by atoms with Gasteiger partial charge in [-0.15, -0.1) is 0 Å². The van der Waals surface area contributed by atoms with Crippen LogP contribution >= 0.6 is 11.8 Å². The van der Waals surface area contributed by atoms with Crippen LogP contribution in [-0.2, 0) is 4.79 Å². The van der Waals surface area contributed by atoms with Crippen LogP contribution in [0.4, 0.5) is 10.5 Å². The highest BCUT2D eigenvalue weighted by Gasteiger charge is 2.35. The summed E-state index contributed by atoms with van der Waals surface area (Å²) in [5, 5.41) is 20.0. The van der Waals surface area contributed by atoms with E-state index in [2.05, 4.69) is 0 Å². The van der Waals surface area contributed by atoms with Gasteiger partial charge in [-0.3, -0.25) is 24.6 Å². The van der Waals surface area contributed by atoms with Crippen LogP contribution < -0.4 is 0 Å². The van der Waals surface area contributed by atoms with Gasteiger partial charge in [-0.05, 0) is 35.4 Å². The molecule has 1 saturated heterocycles. The first-order valence-electron chi connectivity index (χ1n) is 7.60. The maximum Gasteiger partial charge on any atom is 0.311 e. The summed E-state index contributed by atoms with van der Waals surface area (Å²) in [7, 11) is 0. The fourth-order valence-corrected chi connectivity index (χ4v) is 3.24. The fraction of sp³-hybridized carbons (Fsp3) is 0.375. The van der Waals surface area contributed by atoms with E-state index in [1.807, 2.05) is 13.8 Å². The second-order valence-corrected chi connectivity index (χ2v) is 6.47. The summed E-state index contributed by atoms with van der Waals surface area (Å²) in [4.78, 5) is 36.1. The van der Waals surface area contributed by atoms with Crippen LogP contribution in [0.5, 0.6) is 5.75 Å². The van der Waals surface area contributed by atoms with Gasteiger partial charge in [-0.25, -0.2) is 0 Å². The molecule has 1 aromatic rings. The highest BCUT2D eigenvalue weighted by Crippen LogP contribution is 2.34. The standard InChI is InChI=1S/C16H18N2O5S/c1-3-10(4-2)9-17-15(20)14(24-16(17)21)8-11-5-6-13(19)12(7-11)18(22)23/h5-8,10,19H,3-4,9H2,1-2H3/b14-8-. The van der Waals surface area contributed by atoms with Gasteiger partial charge in [0.2, 0.25) is 0 Å².